The van der Waals surface area contributed by atoms with Crippen molar-refractivity contribution in [2.45, 2.75) is 13.1 Å². The SMILES string of the molecule is COC(=O)c1csc(N2CCn3cnnc3C2)n1. The van der Waals surface area contributed by atoms with Gasteiger partial charge in [0.2, 0.25) is 0 Å². The standard InChI is InChI=1S/C10H11N5O2S/c1-17-9(16)7-5-18-10(12-7)14-2-3-15-6-11-13-8(15)4-14/h5-6H,2-4H2,1H3. The number of ether oxygens (including phenoxy) is 1. The van der Waals surface area contributed by atoms with Crippen LogP contribution < -0.4 is 4.90 Å². The number of nitrogens with zero attached hydrogens (tertiary/aromatic N) is 5. The molecule has 0 bridgehead atoms. The fourth-order valence-corrected chi connectivity index (χ4v) is 2.66. The van der Waals surface area contributed by atoms with Gasteiger partial charge in [0.05, 0.1) is 13.7 Å². The number of fused-ring (bicyclic) bond motifs is 1. The molecule has 0 saturated carbocycles. The van der Waals surface area contributed by atoms with Crippen molar-refractivity contribution in [3.8, 4) is 0 Å². The molecule has 7 nitrogen and oxygen atoms in total. The first-order chi connectivity index (χ1) is 8.78. The normalized spacial score (nSPS) is 14.4. The van der Waals surface area contributed by atoms with Gasteiger partial charge in [0.25, 0.3) is 0 Å². The summed E-state index contributed by atoms with van der Waals surface area (Å²) >= 11 is 1.43. The highest BCUT2D eigenvalue weighted by molar-refractivity contribution is 7.13. The average Bonchev–Trinajstić information content (AvgIpc) is 3.05. The van der Waals surface area contributed by atoms with E-state index in [4.69, 9.17) is 0 Å². The molecule has 3 heterocycles. The second-order valence-electron chi connectivity index (χ2n) is 3.87. The van der Waals surface area contributed by atoms with E-state index in [9.17, 15) is 4.79 Å². The molecule has 0 aliphatic carbocycles. The van der Waals surface area contributed by atoms with E-state index >= 15 is 0 Å². The van der Waals surface area contributed by atoms with Crippen LogP contribution >= 0.6 is 11.3 Å². The van der Waals surface area contributed by atoms with Gasteiger partial charge >= 0.3 is 5.97 Å². The van der Waals surface area contributed by atoms with E-state index in [0.717, 1.165) is 24.0 Å². The Balaban J connectivity index is 1.80. The maximum atomic E-state index is 11.3. The van der Waals surface area contributed by atoms with Gasteiger partial charge in [-0.1, -0.05) is 0 Å². The third kappa shape index (κ3) is 1.84. The van der Waals surface area contributed by atoms with E-state index in [-0.39, 0.29) is 0 Å². The molecule has 18 heavy (non-hydrogen) atoms. The maximum absolute atomic E-state index is 11.3. The summed E-state index contributed by atoms with van der Waals surface area (Å²) in [6.07, 6.45) is 1.73. The Morgan fingerprint density at radius 1 is 1.50 bits per heavy atom. The lowest BCUT2D eigenvalue weighted by molar-refractivity contribution is 0.0595. The molecule has 0 amide bonds. The molecular weight excluding hydrogens is 254 g/mol. The number of hydrogen-bond acceptors (Lipinski definition) is 7. The molecule has 0 fully saturated rings. The van der Waals surface area contributed by atoms with Gasteiger partial charge in [-0.2, -0.15) is 0 Å². The molecule has 0 N–H and O–H groups in total. The van der Waals surface area contributed by atoms with Crippen molar-refractivity contribution in [3.63, 3.8) is 0 Å². The van der Waals surface area contributed by atoms with E-state index < -0.39 is 5.97 Å². The van der Waals surface area contributed by atoms with Crippen molar-refractivity contribution in [2.75, 3.05) is 18.6 Å². The van der Waals surface area contributed by atoms with E-state index in [1.165, 1.54) is 18.4 Å². The number of hydrogen-bond donors (Lipinski definition) is 0. The van der Waals surface area contributed by atoms with Gasteiger partial charge in [0.1, 0.15) is 6.33 Å². The predicted octanol–water partition coefficient (Wildman–Crippen LogP) is 0.541. The average molecular weight is 265 g/mol. The van der Waals surface area contributed by atoms with E-state index in [1.54, 1.807) is 11.7 Å². The zero-order valence-corrected chi connectivity index (χ0v) is 10.6. The number of anilines is 1. The molecule has 0 radical (unpaired) electrons. The maximum Gasteiger partial charge on any atom is 0.357 e. The minimum Gasteiger partial charge on any atom is -0.464 e. The largest absolute Gasteiger partial charge is 0.464 e. The van der Waals surface area contributed by atoms with Crippen LogP contribution in [-0.2, 0) is 17.8 Å². The first-order valence-corrected chi connectivity index (χ1v) is 6.31. The fourth-order valence-electron chi connectivity index (χ4n) is 1.84. The van der Waals surface area contributed by atoms with Crippen LogP contribution in [0.25, 0.3) is 0 Å². The molecule has 0 atom stereocenters. The van der Waals surface area contributed by atoms with Crippen molar-refractivity contribution >= 4 is 22.4 Å². The molecular formula is C10H11N5O2S. The zero-order chi connectivity index (χ0) is 12.5. The van der Waals surface area contributed by atoms with Crippen molar-refractivity contribution in [1.82, 2.24) is 19.7 Å². The van der Waals surface area contributed by atoms with Crippen molar-refractivity contribution in [3.05, 3.63) is 23.2 Å². The van der Waals surface area contributed by atoms with Crippen molar-refractivity contribution in [2.24, 2.45) is 0 Å². The molecule has 2 aromatic heterocycles. The Morgan fingerprint density at radius 3 is 3.22 bits per heavy atom. The summed E-state index contributed by atoms with van der Waals surface area (Å²) in [5, 5.41) is 10.4. The summed E-state index contributed by atoms with van der Waals surface area (Å²) in [7, 11) is 1.35. The molecule has 0 unspecified atom stereocenters. The van der Waals surface area contributed by atoms with Crippen LogP contribution in [0.3, 0.4) is 0 Å². The van der Waals surface area contributed by atoms with Gasteiger partial charge in [0.15, 0.2) is 16.6 Å². The highest BCUT2D eigenvalue weighted by Crippen LogP contribution is 2.24. The molecule has 3 rings (SSSR count). The molecule has 1 aliphatic rings. The van der Waals surface area contributed by atoms with Crippen LogP contribution in [0, 0.1) is 0 Å². The Labute approximate surface area is 107 Å². The van der Waals surface area contributed by atoms with Gasteiger partial charge in [0, 0.05) is 18.5 Å². The fraction of sp³-hybridized carbons (Fsp3) is 0.400. The van der Waals surface area contributed by atoms with Gasteiger partial charge in [-0.25, -0.2) is 9.78 Å². The van der Waals surface area contributed by atoms with E-state index in [0.29, 0.717) is 12.2 Å². The Bertz CT molecular complexity index is 578. The van der Waals surface area contributed by atoms with Crippen LogP contribution in [0.2, 0.25) is 0 Å². The molecule has 8 heteroatoms. The van der Waals surface area contributed by atoms with Gasteiger partial charge < -0.3 is 14.2 Å². The summed E-state index contributed by atoms with van der Waals surface area (Å²) in [5.41, 5.74) is 0.351. The molecule has 2 aromatic rings. The lowest BCUT2D eigenvalue weighted by Crippen LogP contribution is -2.33. The molecule has 1 aliphatic heterocycles. The van der Waals surface area contributed by atoms with Crippen molar-refractivity contribution in [1.29, 1.82) is 0 Å². The number of aromatic nitrogens is 4. The minimum absolute atomic E-state index is 0.351. The van der Waals surface area contributed by atoms with Gasteiger partial charge in [-0.15, -0.1) is 21.5 Å². The van der Waals surface area contributed by atoms with Crippen LogP contribution in [0.4, 0.5) is 5.13 Å². The lowest BCUT2D eigenvalue weighted by Gasteiger charge is -2.26. The molecule has 94 valence electrons. The van der Waals surface area contributed by atoms with Gasteiger partial charge in [-0.3, -0.25) is 0 Å². The molecule has 0 aromatic carbocycles. The Hall–Kier alpha value is -1.96. The van der Waals surface area contributed by atoms with Crippen LogP contribution in [0.15, 0.2) is 11.7 Å². The van der Waals surface area contributed by atoms with Crippen LogP contribution in [0.5, 0.6) is 0 Å². The number of rotatable bonds is 2. The minimum atomic E-state index is -0.405. The number of carbonyl (C=O) groups is 1. The topological polar surface area (TPSA) is 73.1 Å². The zero-order valence-electron chi connectivity index (χ0n) is 9.74. The highest BCUT2D eigenvalue weighted by atomic mass is 32.1. The second-order valence-corrected chi connectivity index (χ2v) is 4.71. The smallest absolute Gasteiger partial charge is 0.357 e. The summed E-state index contributed by atoms with van der Waals surface area (Å²) in [4.78, 5) is 17.7. The summed E-state index contributed by atoms with van der Waals surface area (Å²) in [5.74, 6) is 0.508. The first-order valence-electron chi connectivity index (χ1n) is 5.43. The van der Waals surface area contributed by atoms with E-state index in [1.807, 2.05) is 4.57 Å². The lowest BCUT2D eigenvalue weighted by atomic mass is 10.4. The Morgan fingerprint density at radius 2 is 2.39 bits per heavy atom. The number of methoxy groups -OCH3 is 1. The second kappa shape index (κ2) is 4.37. The predicted molar refractivity (Wildman–Crippen MR) is 64.5 cm³/mol. The first kappa shape index (κ1) is 11.1. The van der Waals surface area contributed by atoms with Gasteiger partial charge in [-0.05, 0) is 0 Å². The van der Waals surface area contributed by atoms with E-state index in [2.05, 4.69) is 24.8 Å². The van der Waals surface area contributed by atoms with Crippen LogP contribution in [-0.4, -0.2) is 39.4 Å². The van der Waals surface area contributed by atoms with Crippen molar-refractivity contribution < 1.29 is 9.53 Å². The summed E-state index contributed by atoms with van der Waals surface area (Å²) < 4.78 is 6.66. The van der Waals surface area contributed by atoms with Crippen LogP contribution in [0.1, 0.15) is 16.3 Å². The molecule has 0 saturated heterocycles. The third-order valence-corrected chi connectivity index (χ3v) is 3.70. The number of esters is 1. The Kier molecular flexibility index (Phi) is 2.71. The third-order valence-electron chi connectivity index (χ3n) is 2.80. The summed E-state index contributed by atoms with van der Waals surface area (Å²) in [6, 6.07) is 0. The molecule has 0 spiro atoms. The number of carbonyl (C=O) groups excluding carboxylic acids is 1. The quantitative estimate of drug-likeness (QED) is 0.738. The monoisotopic (exact) mass is 265 g/mol. The number of thiazole rings is 1. The highest BCUT2D eigenvalue weighted by Gasteiger charge is 2.21. The summed E-state index contributed by atoms with van der Waals surface area (Å²) in [6.45, 7) is 2.32.